The van der Waals surface area contributed by atoms with E-state index < -0.39 is 41.2 Å². The zero-order valence-electron chi connectivity index (χ0n) is 8.75. The van der Waals surface area contributed by atoms with Gasteiger partial charge < -0.3 is 0 Å². The highest BCUT2D eigenvalue weighted by molar-refractivity contribution is 7.89. The Hall–Kier alpha value is -2.83. The third kappa shape index (κ3) is 3.32. The number of nitrogens with one attached hydrogen (secondary N) is 1. The highest BCUT2D eigenvalue weighted by atomic mass is 32.2. The van der Waals surface area contributed by atoms with Gasteiger partial charge in [0.2, 0.25) is 0 Å². The number of nitro groups is 3. The van der Waals surface area contributed by atoms with E-state index in [0.717, 1.165) is 4.83 Å². The smallest absolute Gasteiger partial charge is 0.258 e. The van der Waals surface area contributed by atoms with E-state index in [-0.39, 0.29) is 0 Å². The molecule has 0 saturated carbocycles. The standard InChI is InChI=1S/C6H4N4O8S/c11-8(12)4-1-5(9(13)14)3-6(2-4)19(17,18)7-10(15)16/h1-3,7H. The second-order valence-corrected chi connectivity index (χ2v) is 4.71. The van der Waals surface area contributed by atoms with Gasteiger partial charge in [0.25, 0.3) is 11.4 Å². The van der Waals surface area contributed by atoms with Gasteiger partial charge >= 0.3 is 10.0 Å². The number of nitro benzene ring substituents is 2. The maximum atomic E-state index is 11.4. The van der Waals surface area contributed by atoms with Crippen molar-refractivity contribution >= 4 is 21.4 Å². The zero-order chi connectivity index (χ0) is 14.8. The predicted molar refractivity (Wildman–Crippen MR) is 57.1 cm³/mol. The van der Waals surface area contributed by atoms with E-state index in [1.54, 1.807) is 0 Å². The van der Waals surface area contributed by atoms with Crippen molar-refractivity contribution < 1.29 is 23.3 Å². The van der Waals surface area contributed by atoms with Gasteiger partial charge in [-0.2, -0.15) is 8.42 Å². The largest absolute Gasteiger partial charge is 0.311 e. The first kappa shape index (κ1) is 14.2. The van der Waals surface area contributed by atoms with Gasteiger partial charge in [-0.05, 0) is 4.83 Å². The highest BCUT2D eigenvalue weighted by Crippen LogP contribution is 2.25. The minimum Gasteiger partial charge on any atom is -0.258 e. The minimum atomic E-state index is -4.73. The summed E-state index contributed by atoms with van der Waals surface area (Å²) in [6.45, 7) is 0. The van der Waals surface area contributed by atoms with Gasteiger partial charge in [0, 0.05) is 12.1 Å². The first-order valence-electron chi connectivity index (χ1n) is 4.24. The Morgan fingerprint density at radius 2 is 1.32 bits per heavy atom. The molecule has 19 heavy (non-hydrogen) atoms. The van der Waals surface area contributed by atoms with E-state index in [0.29, 0.717) is 18.2 Å². The van der Waals surface area contributed by atoms with Crippen LogP contribution in [-0.2, 0) is 10.0 Å². The second-order valence-electron chi connectivity index (χ2n) is 3.05. The molecule has 13 heteroatoms. The van der Waals surface area contributed by atoms with Gasteiger partial charge in [0.15, 0.2) is 5.03 Å². The molecule has 0 amide bonds. The van der Waals surface area contributed by atoms with Crippen LogP contribution >= 0.6 is 0 Å². The van der Waals surface area contributed by atoms with Crippen molar-refractivity contribution in [1.82, 2.24) is 4.83 Å². The molecule has 12 nitrogen and oxygen atoms in total. The van der Waals surface area contributed by atoms with E-state index in [9.17, 15) is 38.8 Å². The van der Waals surface area contributed by atoms with Crippen LogP contribution in [0.15, 0.2) is 23.1 Å². The van der Waals surface area contributed by atoms with Crippen LogP contribution in [0, 0.1) is 30.3 Å². The molecule has 1 N–H and O–H groups in total. The van der Waals surface area contributed by atoms with Crippen molar-refractivity contribution in [3.63, 3.8) is 0 Å². The lowest BCUT2D eigenvalue weighted by Gasteiger charge is -2.01. The normalized spacial score (nSPS) is 10.7. The summed E-state index contributed by atoms with van der Waals surface area (Å²) in [6.07, 6.45) is 0. The summed E-state index contributed by atoms with van der Waals surface area (Å²) < 4.78 is 22.8. The van der Waals surface area contributed by atoms with E-state index in [4.69, 9.17) is 0 Å². The van der Waals surface area contributed by atoms with Crippen molar-refractivity contribution in [2.75, 3.05) is 0 Å². The predicted octanol–water partition coefficient (Wildman–Crippen LogP) is -0.0270. The van der Waals surface area contributed by atoms with Crippen LogP contribution < -0.4 is 4.83 Å². The van der Waals surface area contributed by atoms with Crippen LogP contribution in [0.3, 0.4) is 0 Å². The number of non-ortho nitro benzene ring substituents is 2. The van der Waals surface area contributed by atoms with Crippen LogP contribution in [0.4, 0.5) is 11.4 Å². The number of sulfonamides is 1. The average molecular weight is 292 g/mol. The molecule has 1 aromatic rings. The molecule has 0 aliphatic heterocycles. The summed E-state index contributed by atoms with van der Waals surface area (Å²) in [6, 6.07) is 1.48. The molecule has 102 valence electrons. The molecule has 1 rings (SSSR count). The number of hydrogen-bond donors (Lipinski definition) is 1. The number of nitrogens with zero attached hydrogens (tertiary/aromatic N) is 3. The Kier molecular flexibility index (Phi) is 3.60. The molecule has 0 aliphatic carbocycles. The molecule has 0 aromatic heterocycles. The number of hydrogen-bond acceptors (Lipinski definition) is 8. The summed E-state index contributed by atoms with van der Waals surface area (Å²) in [5.41, 5.74) is -1.75. The van der Waals surface area contributed by atoms with Crippen LogP contribution in [0.25, 0.3) is 0 Å². The molecule has 0 unspecified atom stereocenters. The molecule has 0 spiro atoms. The Balaban J connectivity index is 3.47. The van der Waals surface area contributed by atoms with Crippen LogP contribution in [0.1, 0.15) is 0 Å². The Morgan fingerprint density at radius 1 is 0.895 bits per heavy atom. The first-order chi connectivity index (χ1) is 8.63. The van der Waals surface area contributed by atoms with E-state index in [1.165, 1.54) is 0 Å². The van der Waals surface area contributed by atoms with Crippen molar-refractivity contribution in [2.24, 2.45) is 0 Å². The Bertz CT molecular complexity index is 636. The fraction of sp³-hybridized carbons (Fsp3) is 0. The zero-order valence-corrected chi connectivity index (χ0v) is 9.56. The van der Waals surface area contributed by atoms with Crippen molar-refractivity contribution in [3.8, 4) is 0 Å². The minimum absolute atomic E-state index is 0.471. The first-order valence-corrected chi connectivity index (χ1v) is 5.72. The van der Waals surface area contributed by atoms with Crippen LogP contribution in [-0.4, -0.2) is 23.3 Å². The van der Waals surface area contributed by atoms with Crippen LogP contribution in [0.2, 0.25) is 0 Å². The van der Waals surface area contributed by atoms with Gasteiger partial charge in [0.1, 0.15) is 4.90 Å². The van der Waals surface area contributed by atoms with Gasteiger partial charge in [-0.1, -0.05) is 0 Å². The van der Waals surface area contributed by atoms with Crippen molar-refractivity contribution in [1.29, 1.82) is 0 Å². The lowest BCUT2D eigenvalue weighted by molar-refractivity contribution is -0.518. The van der Waals surface area contributed by atoms with E-state index >= 15 is 0 Å². The summed E-state index contributed by atoms with van der Waals surface area (Å²) in [7, 11) is -4.73. The Morgan fingerprint density at radius 3 is 1.63 bits per heavy atom. The van der Waals surface area contributed by atoms with Crippen LogP contribution in [0.5, 0.6) is 0 Å². The maximum absolute atomic E-state index is 11.4. The van der Waals surface area contributed by atoms with E-state index in [1.807, 2.05) is 0 Å². The average Bonchev–Trinajstić information content (AvgIpc) is 2.26. The van der Waals surface area contributed by atoms with Crippen molar-refractivity contribution in [3.05, 3.63) is 48.5 Å². The van der Waals surface area contributed by atoms with Crippen molar-refractivity contribution in [2.45, 2.75) is 4.90 Å². The molecular formula is C6H4N4O8S. The lowest BCUT2D eigenvalue weighted by Crippen LogP contribution is -2.29. The third-order valence-corrected chi connectivity index (χ3v) is 3.05. The summed E-state index contributed by atoms with van der Waals surface area (Å²) in [4.78, 5) is 28.9. The van der Waals surface area contributed by atoms with Gasteiger partial charge in [-0.3, -0.25) is 20.2 Å². The van der Waals surface area contributed by atoms with Gasteiger partial charge in [0.05, 0.1) is 15.9 Å². The quantitative estimate of drug-likeness (QED) is 0.580. The molecule has 0 saturated heterocycles. The summed E-state index contributed by atoms with van der Waals surface area (Å²) in [5, 5.41) is 29.7. The monoisotopic (exact) mass is 292 g/mol. The second kappa shape index (κ2) is 4.81. The summed E-state index contributed by atoms with van der Waals surface area (Å²) >= 11 is 0. The molecule has 0 radical (unpaired) electrons. The van der Waals surface area contributed by atoms with E-state index in [2.05, 4.69) is 0 Å². The SMILES string of the molecule is O=[N+]([O-])NS(=O)(=O)c1cc([N+](=O)[O-])cc([N+](=O)[O-])c1. The number of rotatable bonds is 5. The molecule has 0 atom stereocenters. The molecule has 0 bridgehead atoms. The lowest BCUT2D eigenvalue weighted by atomic mass is 10.3. The topological polar surface area (TPSA) is 176 Å². The fourth-order valence-corrected chi connectivity index (χ4v) is 1.94. The van der Waals surface area contributed by atoms with Gasteiger partial charge in [-0.25, -0.2) is 10.1 Å². The molecular weight excluding hydrogens is 288 g/mol. The highest BCUT2D eigenvalue weighted by Gasteiger charge is 2.26. The molecule has 0 fully saturated rings. The third-order valence-electron chi connectivity index (χ3n) is 1.80. The fourth-order valence-electron chi connectivity index (χ4n) is 1.08. The number of benzene rings is 1. The van der Waals surface area contributed by atoms with Gasteiger partial charge in [-0.15, -0.1) is 0 Å². The maximum Gasteiger partial charge on any atom is 0.311 e. The number of hydrazine groups is 1. The molecule has 0 aliphatic rings. The molecule has 1 aromatic carbocycles. The summed E-state index contributed by atoms with van der Waals surface area (Å²) in [5.74, 6) is 0. The molecule has 0 heterocycles. The Labute approximate surface area is 104 Å².